The standard InChI is InChI=1S/C21H16Br2N2/c1-13-2-11-18-19(12-13)25-21(15-5-9-17(23)10-6-15)20(24-18)14-3-7-16(22)8-4-14/h2-12,20,24H,1H3. The van der Waals surface area contributed by atoms with Crippen LogP contribution in [0, 0.1) is 6.92 Å². The zero-order valence-corrected chi connectivity index (χ0v) is 16.8. The Bertz CT molecular complexity index is 945. The summed E-state index contributed by atoms with van der Waals surface area (Å²) < 4.78 is 2.14. The molecule has 25 heavy (non-hydrogen) atoms. The molecular formula is C21H16Br2N2. The van der Waals surface area contributed by atoms with Crippen molar-refractivity contribution in [2.24, 2.45) is 4.99 Å². The third-order valence-electron chi connectivity index (χ3n) is 4.31. The molecule has 4 rings (SSSR count). The van der Waals surface area contributed by atoms with Gasteiger partial charge in [-0.1, -0.05) is 62.2 Å². The van der Waals surface area contributed by atoms with Crippen LogP contribution in [0.3, 0.4) is 0 Å². The summed E-state index contributed by atoms with van der Waals surface area (Å²) >= 11 is 7.03. The maximum Gasteiger partial charge on any atom is 0.0947 e. The van der Waals surface area contributed by atoms with Crippen LogP contribution in [-0.2, 0) is 0 Å². The van der Waals surface area contributed by atoms with Crippen LogP contribution >= 0.6 is 31.9 Å². The van der Waals surface area contributed by atoms with Crippen molar-refractivity contribution in [2.45, 2.75) is 13.0 Å². The molecule has 0 saturated carbocycles. The number of aliphatic imine (C=N–C) groups is 1. The molecule has 4 heteroatoms. The molecule has 3 aromatic rings. The van der Waals surface area contributed by atoms with Gasteiger partial charge >= 0.3 is 0 Å². The molecule has 0 bridgehead atoms. The van der Waals surface area contributed by atoms with Gasteiger partial charge in [-0.2, -0.15) is 0 Å². The van der Waals surface area contributed by atoms with Crippen LogP contribution < -0.4 is 5.32 Å². The van der Waals surface area contributed by atoms with Gasteiger partial charge in [0.1, 0.15) is 0 Å². The monoisotopic (exact) mass is 454 g/mol. The van der Waals surface area contributed by atoms with Crippen LogP contribution in [0.25, 0.3) is 0 Å². The van der Waals surface area contributed by atoms with E-state index in [4.69, 9.17) is 4.99 Å². The number of nitrogens with zero attached hydrogens (tertiary/aromatic N) is 1. The number of hydrogen-bond acceptors (Lipinski definition) is 2. The Morgan fingerprint density at radius 1 is 0.840 bits per heavy atom. The van der Waals surface area contributed by atoms with E-state index in [9.17, 15) is 0 Å². The van der Waals surface area contributed by atoms with E-state index in [2.05, 4.69) is 111 Å². The first kappa shape index (κ1) is 16.6. The highest BCUT2D eigenvalue weighted by molar-refractivity contribution is 9.10. The zero-order chi connectivity index (χ0) is 17.4. The second kappa shape index (κ2) is 6.77. The van der Waals surface area contributed by atoms with Crippen LogP contribution in [0.2, 0.25) is 0 Å². The van der Waals surface area contributed by atoms with Crippen LogP contribution in [0.15, 0.2) is 80.7 Å². The highest BCUT2D eigenvalue weighted by Gasteiger charge is 2.25. The SMILES string of the molecule is Cc1ccc2c(c1)N=C(c1ccc(Br)cc1)C(c1ccc(Br)cc1)N2. The minimum absolute atomic E-state index is 0.0180. The largest absolute Gasteiger partial charge is 0.371 e. The Morgan fingerprint density at radius 2 is 1.48 bits per heavy atom. The first-order valence-corrected chi connectivity index (χ1v) is 9.66. The first-order valence-electron chi connectivity index (χ1n) is 8.07. The number of nitrogens with one attached hydrogen (secondary N) is 1. The second-order valence-electron chi connectivity index (χ2n) is 6.15. The minimum atomic E-state index is 0.0180. The third-order valence-corrected chi connectivity index (χ3v) is 5.37. The van der Waals surface area contributed by atoms with E-state index in [0.29, 0.717) is 0 Å². The van der Waals surface area contributed by atoms with E-state index < -0.39 is 0 Å². The van der Waals surface area contributed by atoms with Crippen LogP contribution in [0.1, 0.15) is 22.7 Å². The van der Waals surface area contributed by atoms with Gasteiger partial charge in [-0.25, -0.2) is 4.99 Å². The number of halogens is 2. The van der Waals surface area contributed by atoms with Gasteiger partial charge in [0.05, 0.1) is 23.1 Å². The lowest BCUT2D eigenvalue weighted by Crippen LogP contribution is -2.24. The molecule has 0 amide bonds. The summed E-state index contributed by atoms with van der Waals surface area (Å²) in [6.07, 6.45) is 0. The van der Waals surface area contributed by atoms with E-state index in [1.54, 1.807) is 0 Å². The summed E-state index contributed by atoms with van der Waals surface area (Å²) in [7, 11) is 0. The average molecular weight is 456 g/mol. The molecule has 0 fully saturated rings. The minimum Gasteiger partial charge on any atom is -0.371 e. The van der Waals surface area contributed by atoms with Crippen molar-refractivity contribution in [3.05, 3.63) is 92.4 Å². The number of fused-ring (bicyclic) bond motifs is 1. The molecule has 0 radical (unpaired) electrons. The van der Waals surface area contributed by atoms with Crippen LogP contribution in [0.4, 0.5) is 11.4 Å². The van der Waals surface area contributed by atoms with Gasteiger partial charge < -0.3 is 5.32 Å². The number of anilines is 1. The lowest BCUT2D eigenvalue weighted by molar-refractivity contribution is 1.01. The van der Waals surface area contributed by atoms with E-state index in [-0.39, 0.29) is 6.04 Å². The predicted molar refractivity (Wildman–Crippen MR) is 112 cm³/mol. The molecule has 1 aliphatic heterocycles. The molecule has 1 N–H and O–H groups in total. The molecule has 1 atom stereocenters. The predicted octanol–water partition coefficient (Wildman–Crippen LogP) is 6.81. The normalized spacial score (nSPS) is 16.0. The van der Waals surface area contributed by atoms with Crippen molar-refractivity contribution in [2.75, 3.05) is 5.32 Å². The Labute approximate surface area is 164 Å². The van der Waals surface area contributed by atoms with Crippen molar-refractivity contribution in [3.63, 3.8) is 0 Å². The number of rotatable bonds is 2. The number of aryl methyl sites for hydroxylation is 1. The van der Waals surface area contributed by atoms with Gasteiger partial charge in [0.15, 0.2) is 0 Å². The fourth-order valence-corrected chi connectivity index (χ4v) is 3.55. The Kier molecular flexibility index (Phi) is 4.48. The van der Waals surface area contributed by atoms with E-state index in [1.165, 1.54) is 11.1 Å². The Hall–Kier alpha value is -1.91. The quantitative estimate of drug-likeness (QED) is 0.451. The van der Waals surface area contributed by atoms with Crippen molar-refractivity contribution < 1.29 is 0 Å². The summed E-state index contributed by atoms with van der Waals surface area (Å²) in [6.45, 7) is 2.09. The molecule has 1 unspecified atom stereocenters. The molecule has 0 aromatic heterocycles. The summed E-state index contributed by atoms with van der Waals surface area (Å²) in [5.74, 6) is 0. The van der Waals surface area contributed by atoms with Crippen molar-refractivity contribution in [1.82, 2.24) is 0 Å². The maximum absolute atomic E-state index is 5.01. The molecule has 0 aliphatic carbocycles. The van der Waals surface area contributed by atoms with E-state index in [1.807, 2.05) is 0 Å². The molecule has 124 valence electrons. The van der Waals surface area contributed by atoms with Crippen LogP contribution in [0.5, 0.6) is 0 Å². The smallest absolute Gasteiger partial charge is 0.0947 e. The van der Waals surface area contributed by atoms with Gasteiger partial charge in [0, 0.05) is 8.95 Å². The van der Waals surface area contributed by atoms with Crippen LogP contribution in [-0.4, -0.2) is 5.71 Å². The highest BCUT2D eigenvalue weighted by Crippen LogP contribution is 2.37. The highest BCUT2D eigenvalue weighted by atomic mass is 79.9. The van der Waals surface area contributed by atoms with E-state index >= 15 is 0 Å². The second-order valence-corrected chi connectivity index (χ2v) is 7.98. The summed E-state index contributed by atoms with van der Waals surface area (Å²) in [5.41, 5.74) is 6.62. The lowest BCUT2D eigenvalue weighted by Gasteiger charge is -2.28. The molecule has 1 aliphatic rings. The summed E-state index contributed by atoms with van der Waals surface area (Å²) in [4.78, 5) is 5.01. The fourth-order valence-electron chi connectivity index (χ4n) is 3.02. The van der Waals surface area contributed by atoms with Gasteiger partial charge in [-0.15, -0.1) is 0 Å². The van der Waals surface area contributed by atoms with E-state index in [0.717, 1.165) is 31.6 Å². The molecule has 0 saturated heterocycles. The topological polar surface area (TPSA) is 24.4 Å². The van der Waals surface area contributed by atoms with Gasteiger partial charge in [0.2, 0.25) is 0 Å². The van der Waals surface area contributed by atoms with Crippen molar-refractivity contribution in [1.29, 1.82) is 0 Å². The molecule has 3 aromatic carbocycles. The van der Waals surface area contributed by atoms with Gasteiger partial charge in [-0.3, -0.25) is 0 Å². The summed E-state index contributed by atoms with van der Waals surface area (Å²) in [5, 5.41) is 3.67. The Balaban J connectivity index is 1.86. The Morgan fingerprint density at radius 3 is 2.16 bits per heavy atom. The number of benzene rings is 3. The van der Waals surface area contributed by atoms with Gasteiger partial charge in [0.25, 0.3) is 0 Å². The average Bonchev–Trinajstić information content (AvgIpc) is 2.62. The van der Waals surface area contributed by atoms with Crippen molar-refractivity contribution in [3.8, 4) is 0 Å². The molecule has 2 nitrogen and oxygen atoms in total. The maximum atomic E-state index is 5.01. The lowest BCUT2D eigenvalue weighted by atomic mass is 9.94. The molecular weight excluding hydrogens is 440 g/mol. The van der Waals surface area contributed by atoms with Gasteiger partial charge in [-0.05, 0) is 60.0 Å². The first-order chi connectivity index (χ1) is 12.1. The summed E-state index contributed by atoms with van der Waals surface area (Å²) in [6, 6.07) is 23.1. The third kappa shape index (κ3) is 3.42. The number of hydrogen-bond donors (Lipinski definition) is 1. The zero-order valence-electron chi connectivity index (χ0n) is 13.6. The molecule has 1 heterocycles. The molecule has 0 spiro atoms. The van der Waals surface area contributed by atoms with Crippen molar-refractivity contribution >= 4 is 48.9 Å². The fraction of sp³-hybridized carbons (Fsp3) is 0.0952.